The molecule has 0 radical (unpaired) electrons. The zero-order valence-corrected chi connectivity index (χ0v) is 10.4. The Balaban J connectivity index is 2.34. The van der Waals surface area contributed by atoms with Gasteiger partial charge in [-0.05, 0) is 19.1 Å². The van der Waals surface area contributed by atoms with Gasteiger partial charge in [-0.15, -0.1) is 11.8 Å². The average molecular weight is 253 g/mol. The minimum Gasteiger partial charge on any atom is -0.481 e. The number of carboxylic acid groups (broad SMARTS) is 1. The van der Waals surface area contributed by atoms with E-state index < -0.39 is 5.97 Å². The van der Waals surface area contributed by atoms with Crippen molar-refractivity contribution in [1.82, 2.24) is 0 Å². The molecule has 0 saturated heterocycles. The molecule has 0 heterocycles. The minimum absolute atomic E-state index is 0.0770. The largest absolute Gasteiger partial charge is 0.481 e. The molecule has 1 atom stereocenters. The second-order valence-electron chi connectivity index (χ2n) is 3.51. The third-order valence-corrected chi connectivity index (χ3v) is 3.25. The molecule has 1 aromatic rings. The third kappa shape index (κ3) is 5.40. The van der Waals surface area contributed by atoms with Gasteiger partial charge in [-0.1, -0.05) is 18.2 Å². The predicted octanol–water partition coefficient (Wildman–Crippen LogP) is 2.22. The van der Waals surface area contributed by atoms with Crippen LogP contribution in [0.3, 0.4) is 0 Å². The first-order chi connectivity index (χ1) is 8.09. The Morgan fingerprint density at radius 1 is 1.35 bits per heavy atom. The molecule has 1 amide bonds. The standard InChI is InChI=1S/C12H15NO3S/c1-9(17-8-7-11(14)15)12(16)13-10-5-3-2-4-6-10/h2-6,9H,7-8H2,1H3,(H,13,16)(H,14,15). The van der Waals surface area contributed by atoms with Gasteiger partial charge in [0.05, 0.1) is 11.7 Å². The van der Waals surface area contributed by atoms with Crippen molar-refractivity contribution < 1.29 is 14.7 Å². The summed E-state index contributed by atoms with van der Waals surface area (Å²) >= 11 is 1.34. The molecule has 0 aliphatic rings. The highest BCUT2D eigenvalue weighted by Gasteiger charge is 2.13. The highest BCUT2D eigenvalue weighted by atomic mass is 32.2. The van der Waals surface area contributed by atoms with Crippen molar-refractivity contribution in [1.29, 1.82) is 0 Å². The van der Waals surface area contributed by atoms with Crippen molar-refractivity contribution in [2.45, 2.75) is 18.6 Å². The average Bonchev–Trinajstić information content (AvgIpc) is 2.29. The summed E-state index contributed by atoms with van der Waals surface area (Å²) in [6, 6.07) is 9.19. The second-order valence-corrected chi connectivity index (χ2v) is 4.96. The molecule has 0 aliphatic heterocycles. The molecule has 2 N–H and O–H groups in total. The van der Waals surface area contributed by atoms with Crippen molar-refractivity contribution in [2.75, 3.05) is 11.1 Å². The molecule has 1 unspecified atom stereocenters. The molecule has 17 heavy (non-hydrogen) atoms. The second kappa shape index (κ2) is 6.96. The lowest BCUT2D eigenvalue weighted by atomic mass is 10.3. The maximum atomic E-state index is 11.7. The van der Waals surface area contributed by atoms with Gasteiger partial charge in [0.2, 0.25) is 5.91 Å². The summed E-state index contributed by atoms with van der Waals surface area (Å²) in [5.41, 5.74) is 0.753. The van der Waals surface area contributed by atoms with Crippen LogP contribution in [0.15, 0.2) is 30.3 Å². The highest BCUT2D eigenvalue weighted by molar-refractivity contribution is 8.00. The number of anilines is 1. The molecule has 1 aromatic carbocycles. The summed E-state index contributed by atoms with van der Waals surface area (Å²) in [6.07, 6.45) is 0.0770. The van der Waals surface area contributed by atoms with Gasteiger partial charge in [0.1, 0.15) is 0 Å². The van der Waals surface area contributed by atoms with Crippen LogP contribution in [0.5, 0.6) is 0 Å². The van der Waals surface area contributed by atoms with Gasteiger partial charge >= 0.3 is 5.97 Å². The molecule has 0 aromatic heterocycles. The SMILES string of the molecule is CC(SCCC(=O)O)C(=O)Nc1ccccc1. The van der Waals surface area contributed by atoms with Gasteiger partial charge in [-0.2, -0.15) is 0 Å². The Bertz CT molecular complexity index is 381. The van der Waals surface area contributed by atoms with Crippen molar-refractivity contribution >= 4 is 29.3 Å². The van der Waals surface area contributed by atoms with Crippen LogP contribution >= 0.6 is 11.8 Å². The topological polar surface area (TPSA) is 66.4 Å². The number of nitrogens with one attached hydrogen (secondary N) is 1. The molecule has 0 aliphatic carbocycles. The quantitative estimate of drug-likeness (QED) is 0.815. The van der Waals surface area contributed by atoms with Crippen molar-refractivity contribution in [3.63, 3.8) is 0 Å². The summed E-state index contributed by atoms with van der Waals surface area (Å²) < 4.78 is 0. The number of aliphatic carboxylic acids is 1. The summed E-state index contributed by atoms with van der Waals surface area (Å²) in [5.74, 6) is -0.502. The number of amides is 1. The van der Waals surface area contributed by atoms with E-state index in [1.165, 1.54) is 11.8 Å². The van der Waals surface area contributed by atoms with Crippen LogP contribution in [-0.4, -0.2) is 28.0 Å². The fourth-order valence-corrected chi connectivity index (χ4v) is 2.02. The minimum atomic E-state index is -0.840. The van der Waals surface area contributed by atoms with E-state index in [9.17, 15) is 9.59 Å². The van der Waals surface area contributed by atoms with E-state index in [1.807, 2.05) is 30.3 Å². The third-order valence-electron chi connectivity index (χ3n) is 2.09. The van der Waals surface area contributed by atoms with Crippen LogP contribution in [0.25, 0.3) is 0 Å². The molecule has 92 valence electrons. The van der Waals surface area contributed by atoms with E-state index in [-0.39, 0.29) is 17.6 Å². The van der Waals surface area contributed by atoms with Crippen LogP contribution in [-0.2, 0) is 9.59 Å². The first kappa shape index (κ1) is 13.6. The molecule has 0 fully saturated rings. The summed E-state index contributed by atoms with van der Waals surface area (Å²) in [5, 5.41) is 11.0. The Morgan fingerprint density at radius 3 is 2.59 bits per heavy atom. The molecule has 5 heteroatoms. The van der Waals surface area contributed by atoms with Gasteiger partial charge in [-0.3, -0.25) is 9.59 Å². The van der Waals surface area contributed by atoms with Crippen molar-refractivity contribution in [3.8, 4) is 0 Å². The van der Waals surface area contributed by atoms with E-state index in [0.717, 1.165) is 5.69 Å². The number of benzene rings is 1. The number of carbonyl (C=O) groups excluding carboxylic acids is 1. The lowest BCUT2D eigenvalue weighted by molar-refractivity contribution is -0.136. The van der Waals surface area contributed by atoms with E-state index in [4.69, 9.17) is 5.11 Å². The van der Waals surface area contributed by atoms with Crippen molar-refractivity contribution in [3.05, 3.63) is 30.3 Å². The number of carbonyl (C=O) groups is 2. The molecule has 0 saturated carbocycles. The molecule has 0 spiro atoms. The summed E-state index contributed by atoms with van der Waals surface area (Å²) in [6.45, 7) is 1.77. The lowest BCUT2D eigenvalue weighted by Gasteiger charge is -2.11. The molecular formula is C12H15NO3S. The maximum absolute atomic E-state index is 11.7. The smallest absolute Gasteiger partial charge is 0.304 e. The number of thioether (sulfide) groups is 1. The number of carboxylic acids is 1. The molecule has 1 rings (SSSR count). The van der Waals surface area contributed by atoms with E-state index >= 15 is 0 Å². The van der Waals surface area contributed by atoms with Crippen LogP contribution in [0.4, 0.5) is 5.69 Å². The van der Waals surface area contributed by atoms with E-state index in [1.54, 1.807) is 6.92 Å². The normalized spacial score (nSPS) is 11.8. The van der Waals surface area contributed by atoms with E-state index in [2.05, 4.69) is 5.32 Å². The monoisotopic (exact) mass is 253 g/mol. The molecular weight excluding hydrogens is 238 g/mol. The zero-order chi connectivity index (χ0) is 12.7. The van der Waals surface area contributed by atoms with Crippen LogP contribution < -0.4 is 5.32 Å². The van der Waals surface area contributed by atoms with Gasteiger partial charge in [0, 0.05) is 11.4 Å². The van der Waals surface area contributed by atoms with Gasteiger partial charge in [0.25, 0.3) is 0 Å². The number of rotatable bonds is 6. The number of hydrogen-bond donors (Lipinski definition) is 2. The molecule has 0 bridgehead atoms. The zero-order valence-electron chi connectivity index (χ0n) is 9.55. The Hall–Kier alpha value is -1.49. The first-order valence-electron chi connectivity index (χ1n) is 5.29. The summed E-state index contributed by atoms with van der Waals surface area (Å²) in [4.78, 5) is 22.0. The van der Waals surface area contributed by atoms with Crippen LogP contribution in [0, 0.1) is 0 Å². The Labute approximate surface area is 104 Å². The number of hydrogen-bond acceptors (Lipinski definition) is 3. The van der Waals surface area contributed by atoms with Crippen LogP contribution in [0.1, 0.15) is 13.3 Å². The fraction of sp³-hybridized carbons (Fsp3) is 0.333. The van der Waals surface area contributed by atoms with Crippen molar-refractivity contribution in [2.24, 2.45) is 0 Å². The Kier molecular flexibility index (Phi) is 5.56. The number of para-hydroxylation sites is 1. The lowest BCUT2D eigenvalue weighted by Crippen LogP contribution is -2.22. The highest BCUT2D eigenvalue weighted by Crippen LogP contribution is 2.14. The maximum Gasteiger partial charge on any atom is 0.304 e. The predicted molar refractivity (Wildman–Crippen MR) is 69.2 cm³/mol. The fourth-order valence-electron chi connectivity index (χ4n) is 1.16. The summed E-state index contributed by atoms with van der Waals surface area (Å²) in [7, 11) is 0. The van der Waals surface area contributed by atoms with Gasteiger partial charge in [0.15, 0.2) is 0 Å². The van der Waals surface area contributed by atoms with Gasteiger partial charge in [-0.25, -0.2) is 0 Å². The van der Waals surface area contributed by atoms with E-state index in [0.29, 0.717) is 5.75 Å². The van der Waals surface area contributed by atoms with Crippen LogP contribution in [0.2, 0.25) is 0 Å². The Morgan fingerprint density at radius 2 is 2.00 bits per heavy atom. The molecule has 4 nitrogen and oxygen atoms in total. The van der Waals surface area contributed by atoms with Gasteiger partial charge < -0.3 is 10.4 Å². The first-order valence-corrected chi connectivity index (χ1v) is 6.34.